The predicted octanol–water partition coefficient (Wildman–Crippen LogP) is 4.19. The lowest BCUT2D eigenvalue weighted by Crippen LogP contribution is -2.16. The number of pyridine rings is 1. The van der Waals surface area contributed by atoms with Gasteiger partial charge in [0, 0.05) is 29.3 Å². The van der Waals surface area contributed by atoms with E-state index in [1.54, 1.807) is 0 Å². The molecule has 1 atom stereocenters. The van der Waals surface area contributed by atoms with Crippen molar-refractivity contribution in [3.63, 3.8) is 0 Å². The molecule has 2 aliphatic rings. The van der Waals surface area contributed by atoms with Crippen LogP contribution in [0, 0.1) is 11.6 Å². The molecule has 0 radical (unpaired) electrons. The van der Waals surface area contributed by atoms with Crippen molar-refractivity contribution >= 4 is 12.2 Å². The van der Waals surface area contributed by atoms with Gasteiger partial charge in [-0.3, -0.25) is 4.98 Å². The largest absolute Gasteiger partial charge is 0.346 e. The van der Waals surface area contributed by atoms with Gasteiger partial charge in [-0.25, -0.2) is 4.98 Å². The molecule has 4 heteroatoms. The Bertz CT molecular complexity index is 746. The monoisotopic (exact) mass is 297 g/mol. The zero-order valence-electron chi connectivity index (χ0n) is 12.2. The van der Waals surface area contributed by atoms with Crippen molar-refractivity contribution in [2.24, 2.45) is 0 Å². The van der Waals surface area contributed by atoms with E-state index in [1.165, 1.54) is 36.2 Å². The molecule has 1 fully saturated rings. The quantitative estimate of drug-likeness (QED) is 0.845. The number of fused-ring (bicyclic) bond motifs is 1. The fourth-order valence-corrected chi connectivity index (χ4v) is 3.57. The summed E-state index contributed by atoms with van der Waals surface area (Å²) in [5.74, 6) is 2.03. The van der Waals surface area contributed by atoms with Crippen LogP contribution in [0.3, 0.4) is 0 Å². The third-order valence-corrected chi connectivity index (χ3v) is 5.11. The van der Waals surface area contributed by atoms with Crippen LogP contribution in [0.15, 0.2) is 18.3 Å². The fourth-order valence-electron chi connectivity index (χ4n) is 3.36. The molecule has 1 N–H and O–H groups in total. The number of hydrogen-bond acceptors (Lipinski definition) is 3. The number of aromatic amines is 1. The molecule has 1 saturated carbocycles. The van der Waals surface area contributed by atoms with Crippen LogP contribution < -0.4 is 0 Å². The minimum Gasteiger partial charge on any atom is -0.346 e. The standard InChI is InChI=1S/C17H19N3S/c1-10-14(19-16(12-7-8-12)20-17(10)21)13-6-2-4-11-5-3-9-18-15(11)13/h3,5,9,12-13H,2,4,6-8H2,1H3,(H,19,20,21). The van der Waals surface area contributed by atoms with E-state index in [9.17, 15) is 0 Å². The highest BCUT2D eigenvalue weighted by atomic mass is 32.1. The van der Waals surface area contributed by atoms with Gasteiger partial charge < -0.3 is 4.98 Å². The molecule has 2 aliphatic carbocycles. The summed E-state index contributed by atoms with van der Waals surface area (Å²) >= 11 is 5.49. The molecule has 3 nitrogen and oxygen atoms in total. The van der Waals surface area contributed by atoms with Crippen LogP contribution in [-0.2, 0) is 6.42 Å². The SMILES string of the molecule is Cc1c(C2CCCc3cccnc32)[nH]c(C2CC2)nc1=S. The molecule has 0 aliphatic heterocycles. The molecule has 0 spiro atoms. The van der Waals surface area contributed by atoms with Gasteiger partial charge in [-0.15, -0.1) is 0 Å². The molecule has 2 aromatic rings. The zero-order chi connectivity index (χ0) is 14.4. The Balaban J connectivity index is 1.85. The molecular formula is C17H19N3S. The van der Waals surface area contributed by atoms with Gasteiger partial charge in [0.05, 0.1) is 5.69 Å². The minimum atomic E-state index is 0.345. The molecule has 2 aromatic heterocycles. The van der Waals surface area contributed by atoms with Crippen LogP contribution in [0.2, 0.25) is 0 Å². The van der Waals surface area contributed by atoms with Gasteiger partial charge in [0.25, 0.3) is 0 Å². The van der Waals surface area contributed by atoms with Gasteiger partial charge in [0.2, 0.25) is 0 Å². The number of aryl methyl sites for hydroxylation is 1. The number of nitrogens with one attached hydrogen (secondary N) is 1. The van der Waals surface area contributed by atoms with E-state index >= 15 is 0 Å². The first-order valence-corrected chi connectivity index (χ1v) is 8.19. The Kier molecular flexibility index (Phi) is 3.14. The van der Waals surface area contributed by atoms with Crippen molar-refractivity contribution in [3.05, 3.63) is 51.3 Å². The number of nitrogens with zero attached hydrogens (tertiary/aromatic N) is 2. The van der Waals surface area contributed by atoms with Gasteiger partial charge in [0.15, 0.2) is 0 Å². The van der Waals surface area contributed by atoms with E-state index in [2.05, 4.69) is 27.9 Å². The molecule has 2 heterocycles. The number of H-pyrrole nitrogens is 1. The van der Waals surface area contributed by atoms with Crippen molar-refractivity contribution in [1.82, 2.24) is 15.0 Å². The smallest absolute Gasteiger partial charge is 0.132 e. The van der Waals surface area contributed by atoms with Crippen LogP contribution in [0.25, 0.3) is 0 Å². The topological polar surface area (TPSA) is 41.6 Å². The summed E-state index contributed by atoms with van der Waals surface area (Å²) < 4.78 is 0.758. The molecular weight excluding hydrogens is 278 g/mol. The number of rotatable bonds is 2. The first-order valence-electron chi connectivity index (χ1n) is 7.78. The summed E-state index contributed by atoms with van der Waals surface area (Å²) in [5.41, 5.74) is 4.98. The Morgan fingerprint density at radius 1 is 1.29 bits per heavy atom. The van der Waals surface area contributed by atoms with Gasteiger partial charge in [0.1, 0.15) is 10.5 Å². The highest BCUT2D eigenvalue weighted by Crippen LogP contribution is 2.40. The van der Waals surface area contributed by atoms with Crippen molar-refractivity contribution in [2.45, 2.75) is 50.9 Å². The van der Waals surface area contributed by atoms with E-state index in [0.717, 1.165) is 28.9 Å². The molecule has 108 valence electrons. The third-order valence-electron chi connectivity index (χ3n) is 4.72. The van der Waals surface area contributed by atoms with Crippen LogP contribution in [-0.4, -0.2) is 15.0 Å². The summed E-state index contributed by atoms with van der Waals surface area (Å²) in [4.78, 5) is 12.9. The van der Waals surface area contributed by atoms with E-state index in [1.807, 2.05) is 12.3 Å². The summed E-state index contributed by atoms with van der Waals surface area (Å²) in [7, 11) is 0. The second-order valence-corrected chi connectivity index (χ2v) is 6.62. The van der Waals surface area contributed by atoms with Crippen molar-refractivity contribution in [1.29, 1.82) is 0 Å². The Morgan fingerprint density at radius 3 is 2.95 bits per heavy atom. The maximum absolute atomic E-state index is 5.49. The summed E-state index contributed by atoms with van der Waals surface area (Å²) in [6.07, 6.45) is 7.87. The van der Waals surface area contributed by atoms with Gasteiger partial charge >= 0.3 is 0 Å². The van der Waals surface area contributed by atoms with E-state index in [-0.39, 0.29) is 0 Å². The third kappa shape index (κ3) is 2.31. The van der Waals surface area contributed by atoms with E-state index in [4.69, 9.17) is 12.2 Å². The van der Waals surface area contributed by atoms with Crippen LogP contribution >= 0.6 is 12.2 Å². The molecule has 1 unspecified atom stereocenters. The summed E-state index contributed by atoms with van der Waals surface area (Å²) in [6, 6.07) is 4.25. The number of aromatic nitrogens is 3. The molecule has 0 amide bonds. The maximum Gasteiger partial charge on any atom is 0.132 e. The second-order valence-electron chi connectivity index (χ2n) is 6.23. The predicted molar refractivity (Wildman–Crippen MR) is 85.2 cm³/mol. The molecule has 0 aromatic carbocycles. The summed E-state index contributed by atoms with van der Waals surface area (Å²) in [6.45, 7) is 2.09. The zero-order valence-corrected chi connectivity index (χ0v) is 13.0. The van der Waals surface area contributed by atoms with Crippen molar-refractivity contribution < 1.29 is 0 Å². The molecule has 0 saturated heterocycles. The Morgan fingerprint density at radius 2 is 2.14 bits per heavy atom. The van der Waals surface area contributed by atoms with Gasteiger partial charge in [-0.05, 0) is 50.7 Å². The Labute approximate surface area is 129 Å². The van der Waals surface area contributed by atoms with Crippen LogP contribution in [0.5, 0.6) is 0 Å². The van der Waals surface area contributed by atoms with E-state index < -0.39 is 0 Å². The fraction of sp³-hybridized carbons (Fsp3) is 0.471. The second kappa shape index (κ2) is 5.02. The summed E-state index contributed by atoms with van der Waals surface area (Å²) in [5, 5.41) is 0. The highest BCUT2D eigenvalue weighted by molar-refractivity contribution is 7.71. The van der Waals surface area contributed by atoms with E-state index in [0.29, 0.717) is 11.8 Å². The average molecular weight is 297 g/mol. The molecule has 21 heavy (non-hydrogen) atoms. The molecule has 4 rings (SSSR count). The molecule has 0 bridgehead atoms. The van der Waals surface area contributed by atoms with Gasteiger partial charge in [-0.1, -0.05) is 18.3 Å². The van der Waals surface area contributed by atoms with Gasteiger partial charge in [-0.2, -0.15) is 0 Å². The van der Waals surface area contributed by atoms with Crippen LogP contribution in [0.4, 0.5) is 0 Å². The Hall–Kier alpha value is -1.55. The minimum absolute atomic E-state index is 0.345. The first-order chi connectivity index (χ1) is 10.2. The lowest BCUT2D eigenvalue weighted by Gasteiger charge is -2.26. The van der Waals surface area contributed by atoms with Crippen molar-refractivity contribution in [3.8, 4) is 0 Å². The normalized spacial score (nSPS) is 21.1. The first kappa shape index (κ1) is 13.1. The maximum atomic E-state index is 5.49. The number of hydrogen-bond donors (Lipinski definition) is 1. The van der Waals surface area contributed by atoms with Crippen LogP contribution in [0.1, 0.15) is 65.9 Å². The lowest BCUT2D eigenvalue weighted by molar-refractivity contribution is 0.580. The van der Waals surface area contributed by atoms with Crippen molar-refractivity contribution in [2.75, 3.05) is 0 Å². The lowest BCUT2D eigenvalue weighted by atomic mass is 9.83. The highest BCUT2D eigenvalue weighted by Gasteiger charge is 2.30. The average Bonchev–Trinajstić information content (AvgIpc) is 3.34.